The number of ether oxygens (including phenoxy) is 4. The van der Waals surface area contributed by atoms with Gasteiger partial charge in [0.15, 0.2) is 11.5 Å². The van der Waals surface area contributed by atoms with Gasteiger partial charge in [-0.3, -0.25) is 10.1 Å². The first-order valence-electron chi connectivity index (χ1n) is 9.10. The molecule has 7 heteroatoms. The van der Waals surface area contributed by atoms with Gasteiger partial charge in [0.2, 0.25) is 5.75 Å². The fourth-order valence-corrected chi connectivity index (χ4v) is 2.85. The van der Waals surface area contributed by atoms with Crippen LogP contribution in [0.5, 0.6) is 28.7 Å². The summed E-state index contributed by atoms with van der Waals surface area (Å²) in [4.78, 5) is 11.0. The molecule has 2 rings (SSSR count). The topological polar surface area (TPSA) is 80.1 Å². The van der Waals surface area contributed by atoms with E-state index in [-0.39, 0.29) is 16.9 Å². The van der Waals surface area contributed by atoms with Crippen molar-refractivity contribution in [3.8, 4) is 28.7 Å². The van der Waals surface area contributed by atoms with Crippen LogP contribution in [0.3, 0.4) is 0 Å². The van der Waals surface area contributed by atoms with Crippen LogP contribution in [0.25, 0.3) is 0 Å². The van der Waals surface area contributed by atoms with Crippen LogP contribution in [0.2, 0.25) is 0 Å². The molecule has 0 radical (unpaired) electrons. The number of rotatable bonds is 10. The summed E-state index contributed by atoms with van der Waals surface area (Å²) in [5.41, 5.74) is -0.168. The lowest BCUT2D eigenvalue weighted by Gasteiger charge is -2.24. The van der Waals surface area contributed by atoms with Crippen molar-refractivity contribution in [2.75, 3.05) is 20.8 Å². The quantitative estimate of drug-likeness (QED) is 0.388. The molecule has 0 aromatic heterocycles. The number of nitro groups is 1. The van der Waals surface area contributed by atoms with E-state index >= 15 is 0 Å². The highest BCUT2D eigenvalue weighted by atomic mass is 16.6. The molecule has 0 atom stereocenters. The molecule has 0 spiro atoms. The molecule has 0 heterocycles. The lowest BCUT2D eigenvalue weighted by Crippen LogP contribution is -2.21. The molecule has 0 aliphatic rings. The van der Waals surface area contributed by atoms with Crippen molar-refractivity contribution in [3.63, 3.8) is 0 Å². The van der Waals surface area contributed by atoms with Gasteiger partial charge in [-0.15, -0.1) is 0 Å². The van der Waals surface area contributed by atoms with Crippen LogP contribution >= 0.6 is 0 Å². The van der Waals surface area contributed by atoms with Gasteiger partial charge in [0.05, 0.1) is 31.8 Å². The van der Waals surface area contributed by atoms with Crippen LogP contribution in [-0.2, 0) is 0 Å². The highest BCUT2D eigenvalue weighted by Gasteiger charge is 2.21. The maximum absolute atomic E-state index is 11.5. The summed E-state index contributed by atoms with van der Waals surface area (Å²) in [5, 5.41) is 11.5. The molecule has 0 saturated heterocycles. The van der Waals surface area contributed by atoms with Crippen LogP contribution in [0.4, 0.5) is 5.69 Å². The summed E-state index contributed by atoms with van der Waals surface area (Å²) in [5.74, 6) is 1.98. The molecule has 0 saturated carbocycles. The molecule has 0 fully saturated rings. The predicted molar refractivity (Wildman–Crippen MR) is 107 cm³/mol. The summed E-state index contributed by atoms with van der Waals surface area (Å²) < 4.78 is 21.9. The smallest absolute Gasteiger partial charge is 0.315 e. The number of nitrogens with zero attached hydrogens (tertiary/aromatic N) is 1. The van der Waals surface area contributed by atoms with Crippen molar-refractivity contribution >= 4 is 5.69 Å². The maximum Gasteiger partial charge on any atom is 0.315 e. The zero-order valence-electron chi connectivity index (χ0n) is 17.0. The molecule has 28 heavy (non-hydrogen) atoms. The van der Waals surface area contributed by atoms with Crippen molar-refractivity contribution in [1.29, 1.82) is 0 Å². The van der Waals surface area contributed by atoms with Crippen molar-refractivity contribution in [2.24, 2.45) is 5.41 Å². The molecular formula is C21H27NO6. The first kappa shape index (κ1) is 21.3. The normalized spacial score (nSPS) is 11.0. The van der Waals surface area contributed by atoms with E-state index in [1.165, 1.54) is 26.4 Å². The molecule has 0 aliphatic heterocycles. The number of nitro benzene ring substituents is 1. The monoisotopic (exact) mass is 389 g/mol. The third-order valence-electron chi connectivity index (χ3n) is 4.27. The van der Waals surface area contributed by atoms with Crippen molar-refractivity contribution in [1.82, 2.24) is 0 Å². The Morgan fingerprint density at radius 3 is 2.21 bits per heavy atom. The Labute approximate surface area is 165 Å². The fraction of sp³-hybridized carbons (Fsp3) is 0.429. The summed E-state index contributed by atoms with van der Waals surface area (Å²) in [6.07, 6.45) is 2.06. The minimum Gasteiger partial charge on any atom is -0.493 e. The first-order chi connectivity index (χ1) is 13.3. The van der Waals surface area contributed by atoms with Crippen molar-refractivity contribution in [2.45, 2.75) is 33.6 Å². The van der Waals surface area contributed by atoms with Crippen molar-refractivity contribution in [3.05, 3.63) is 46.5 Å². The third kappa shape index (κ3) is 5.52. The maximum atomic E-state index is 11.5. The number of methoxy groups -OCH3 is 2. The van der Waals surface area contributed by atoms with Gasteiger partial charge in [-0.05, 0) is 36.1 Å². The molecule has 0 aliphatic carbocycles. The summed E-state index contributed by atoms with van der Waals surface area (Å²) >= 11 is 0. The molecule has 0 unspecified atom stereocenters. The van der Waals surface area contributed by atoms with Crippen LogP contribution in [0, 0.1) is 15.5 Å². The number of hydrogen-bond donors (Lipinski definition) is 0. The van der Waals surface area contributed by atoms with E-state index < -0.39 is 4.92 Å². The van der Waals surface area contributed by atoms with Gasteiger partial charge in [-0.1, -0.05) is 27.2 Å². The lowest BCUT2D eigenvalue weighted by molar-refractivity contribution is -0.385. The Morgan fingerprint density at radius 1 is 0.964 bits per heavy atom. The van der Waals surface area contributed by atoms with Gasteiger partial charge in [0.25, 0.3) is 0 Å². The van der Waals surface area contributed by atoms with Gasteiger partial charge in [0, 0.05) is 6.07 Å². The van der Waals surface area contributed by atoms with Crippen LogP contribution in [0.15, 0.2) is 36.4 Å². The van der Waals surface area contributed by atoms with Gasteiger partial charge < -0.3 is 18.9 Å². The molecule has 0 bridgehead atoms. The van der Waals surface area contributed by atoms with Crippen LogP contribution < -0.4 is 18.9 Å². The van der Waals surface area contributed by atoms with E-state index in [4.69, 9.17) is 18.9 Å². The second kappa shape index (κ2) is 9.30. The Hall–Kier alpha value is -2.96. The summed E-state index contributed by atoms with van der Waals surface area (Å²) in [6.45, 7) is 6.82. The van der Waals surface area contributed by atoms with Gasteiger partial charge in [-0.2, -0.15) is 0 Å². The number of hydrogen-bond acceptors (Lipinski definition) is 6. The average Bonchev–Trinajstić information content (AvgIpc) is 2.66. The molecule has 2 aromatic carbocycles. The average molecular weight is 389 g/mol. The predicted octanol–water partition coefficient (Wildman–Crippen LogP) is 5.61. The molecule has 152 valence electrons. The third-order valence-corrected chi connectivity index (χ3v) is 4.27. The highest BCUT2D eigenvalue weighted by Crippen LogP contribution is 2.38. The largest absolute Gasteiger partial charge is 0.493 e. The molecule has 7 nitrogen and oxygen atoms in total. The second-order valence-corrected chi connectivity index (χ2v) is 7.21. The van der Waals surface area contributed by atoms with E-state index in [1.807, 2.05) is 0 Å². The zero-order chi connectivity index (χ0) is 20.7. The standard InChI is InChI=1S/C21H27NO6/c1-6-11-21(2,3)14-27-15-7-9-18(17(12-15)22(23)24)28-16-8-10-19(25-4)20(13-16)26-5/h7-10,12-13H,6,11,14H2,1-5H3. The van der Waals surface area contributed by atoms with E-state index in [0.717, 1.165) is 12.8 Å². The van der Waals surface area contributed by atoms with Crippen molar-refractivity contribution < 1.29 is 23.9 Å². The zero-order valence-corrected chi connectivity index (χ0v) is 17.0. The molecule has 2 aromatic rings. The minimum atomic E-state index is -0.486. The fourth-order valence-electron chi connectivity index (χ4n) is 2.85. The second-order valence-electron chi connectivity index (χ2n) is 7.21. The van der Waals surface area contributed by atoms with Gasteiger partial charge in [-0.25, -0.2) is 0 Å². The number of benzene rings is 2. The van der Waals surface area contributed by atoms with E-state index in [2.05, 4.69) is 20.8 Å². The SMILES string of the molecule is CCCC(C)(C)COc1ccc(Oc2ccc(OC)c(OC)c2)c([N+](=O)[O-])c1. The van der Waals surface area contributed by atoms with E-state index in [9.17, 15) is 10.1 Å². The summed E-state index contributed by atoms with van der Waals surface area (Å²) in [7, 11) is 3.04. The van der Waals surface area contributed by atoms with Gasteiger partial charge in [0.1, 0.15) is 11.5 Å². The lowest BCUT2D eigenvalue weighted by atomic mass is 9.89. The molecule has 0 N–H and O–H groups in total. The van der Waals surface area contributed by atoms with Gasteiger partial charge >= 0.3 is 5.69 Å². The first-order valence-corrected chi connectivity index (χ1v) is 9.10. The molecular weight excluding hydrogens is 362 g/mol. The Balaban J connectivity index is 2.22. The minimum absolute atomic E-state index is 0.00164. The Morgan fingerprint density at radius 2 is 1.61 bits per heavy atom. The summed E-state index contributed by atoms with van der Waals surface area (Å²) in [6, 6.07) is 9.54. The van der Waals surface area contributed by atoms with Crippen LogP contribution in [-0.4, -0.2) is 25.7 Å². The molecule has 0 amide bonds. The van der Waals surface area contributed by atoms with E-state index in [0.29, 0.717) is 29.6 Å². The van der Waals surface area contributed by atoms with Crippen LogP contribution in [0.1, 0.15) is 33.6 Å². The Kier molecular flexibility index (Phi) is 7.09. The van der Waals surface area contributed by atoms with E-state index in [1.54, 1.807) is 24.3 Å². The highest BCUT2D eigenvalue weighted by molar-refractivity contribution is 5.54. The Bertz CT molecular complexity index is 819.